The number of ether oxygens (including phenoxy) is 1. The lowest BCUT2D eigenvalue weighted by Crippen LogP contribution is -2.53. The molecule has 0 aromatic heterocycles. The van der Waals surface area contributed by atoms with Crippen LogP contribution in [0.1, 0.15) is 25.3 Å². The summed E-state index contributed by atoms with van der Waals surface area (Å²) in [5, 5.41) is 13.2. The second kappa shape index (κ2) is 11.4. The van der Waals surface area contributed by atoms with E-state index in [-0.39, 0.29) is 13.0 Å². The lowest BCUT2D eigenvalue weighted by atomic mass is 10.0. The van der Waals surface area contributed by atoms with E-state index in [2.05, 4.69) is 10.6 Å². The van der Waals surface area contributed by atoms with Crippen molar-refractivity contribution in [3.8, 4) is 0 Å². The van der Waals surface area contributed by atoms with Gasteiger partial charge in [-0.1, -0.05) is 37.3 Å². The van der Waals surface area contributed by atoms with E-state index >= 15 is 0 Å². The van der Waals surface area contributed by atoms with Gasteiger partial charge in [-0.05, 0) is 12.0 Å². The zero-order valence-electron chi connectivity index (χ0n) is 15.1. The van der Waals surface area contributed by atoms with E-state index in [1.54, 1.807) is 37.3 Å². The van der Waals surface area contributed by atoms with Crippen molar-refractivity contribution in [1.82, 2.24) is 10.6 Å². The van der Waals surface area contributed by atoms with Gasteiger partial charge in [0.2, 0.25) is 17.5 Å². The number of halogens is 1. The maximum Gasteiger partial charge on any atom is 0.408 e. The second-order valence-corrected chi connectivity index (χ2v) is 5.75. The molecule has 0 aliphatic rings. The van der Waals surface area contributed by atoms with Crippen molar-refractivity contribution in [2.75, 3.05) is 6.67 Å². The van der Waals surface area contributed by atoms with Crippen molar-refractivity contribution in [3.63, 3.8) is 0 Å². The van der Waals surface area contributed by atoms with Gasteiger partial charge < -0.3 is 20.5 Å². The van der Waals surface area contributed by atoms with Gasteiger partial charge in [-0.2, -0.15) is 0 Å². The lowest BCUT2D eigenvalue weighted by molar-refractivity contribution is -0.143. The number of benzene rings is 1. The van der Waals surface area contributed by atoms with Crippen LogP contribution in [-0.2, 0) is 30.5 Å². The SMILES string of the molecule is CCC(NC(=O)OCc1ccccc1)C(=O)NC(CC(=O)O)C(=O)C(=O)CF. The number of ketones is 2. The molecule has 0 spiro atoms. The molecule has 10 heteroatoms. The Morgan fingerprint density at radius 1 is 1.07 bits per heavy atom. The summed E-state index contributed by atoms with van der Waals surface area (Å²) < 4.78 is 17.4. The van der Waals surface area contributed by atoms with Gasteiger partial charge in [0.25, 0.3) is 0 Å². The van der Waals surface area contributed by atoms with E-state index in [9.17, 15) is 28.4 Å². The number of nitrogens with one attached hydrogen (secondary N) is 2. The summed E-state index contributed by atoms with van der Waals surface area (Å²) >= 11 is 0. The quantitative estimate of drug-likeness (QED) is 0.469. The zero-order valence-corrected chi connectivity index (χ0v) is 15.1. The smallest absolute Gasteiger partial charge is 0.408 e. The standard InChI is InChI=1S/C18H21FN2O7/c1-2-12(21-18(27)28-10-11-6-4-3-5-7-11)17(26)20-13(8-15(23)24)16(25)14(22)9-19/h3-7,12-13H,2,8-10H2,1H3,(H,20,26)(H,21,27)(H,23,24). The van der Waals surface area contributed by atoms with Crippen LogP contribution in [0, 0.1) is 0 Å². The Labute approximate surface area is 160 Å². The zero-order chi connectivity index (χ0) is 21.1. The van der Waals surface area contributed by atoms with Crippen molar-refractivity contribution >= 4 is 29.5 Å². The van der Waals surface area contributed by atoms with Gasteiger partial charge in [-0.25, -0.2) is 9.18 Å². The van der Waals surface area contributed by atoms with E-state index in [4.69, 9.17) is 9.84 Å². The number of amides is 2. The first-order valence-corrected chi connectivity index (χ1v) is 8.40. The summed E-state index contributed by atoms with van der Waals surface area (Å²) in [7, 11) is 0. The highest BCUT2D eigenvalue weighted by molar-refractivity contribution is 6.40. The minimum atomic E-state index is -1.73. The van der Waals surface area contributed by atoms with Crippen LogP contribution in [0.5, 0.6) is 0 Å². The predicted molar refractivity (Wildman–Crippen MR) is 94.0 cm³/mol. The Kier molecular flexibility index (Phi) is 9.28. The van der Waals surface area contributed by atoms with Gasteiger partial charge in [0.05, 0.1) is 6.42 Å². The highest BCUT2D eigenvalue weighted by atomic mass is 19.1. The Morgan fingerprint density at radius 3 is 2.25 bits per heavy atom. The molecule has 0 fully saturated rings. The molecular formula is C18H21FN2O7. The summed E-state index contributed by atoms with van der Waals surface area (Å²) in [4.78, 5) is 57.9. The van der Waals surface area contributed by atoms with Gasteiger partial charge >= 0.3 is 12.1 Å². The third kappa shape index (κ3) is 7.52. The average molecular weight is 396 g/mol. The average Bonchev–Trinajstić information content (AvgIpc) is 2.69. The van der Waals surface area contributed by atoms with Crippen LogP contribution < -0.4 is 10.6 Å². The number of carboxylic acid groups (broad SMARTS) is 1. The van der Waals surface area contributed by atoms with E-state index in [1.165, 1.54) is 0 Å². The van der Waals surface area contributed by atoms with Crippen LogP contribution in [0.3, 0.4) is 0 Å². The lowest BCUT2D eigenvalue weighted by Gasteiger charge is -2.20. The first-order chi connectivity index (χ1) is 13.3. The van der Waals surface area contributed by atoms with Crippen molar-refractivity contribution in [2.24, 2.45) is 0 Å². The molecule has 0 radical (unpaired) electrons. The topological polar surface area (TPSA) is 139 Å². The minimum absolute atomic E-state index is 0.0319. The maximum absolute atomic E-state index is 12.4. The Hall–Kier alpha value is -3.30. The van der Waals surface area contributed by atoms with E-state index in [0.29, 0.717) is 0 Å². The first-order valence-electron chi connectivity index (χ1n) is 8.40. The summed E-state index contributed by atoms with van der Waals surface area (Å²) in [5.74, 6) is -5.17. The van der Waals surface area contributed by atoms with Gasteiger partial charge in [0, 0.05) is 0 Å². The summed E-state index contributed by atoms with van der Waals surface area (Å²) in [6.07, 6.45) is -1.70. The minimum Gasteiger partial charge on any atom is -0.481 e. The molecule has 0 bridgehead atoms. The fraction of sp³-hybridized carbons (Fsp3) is 0.389. The molecule has 28 heavy (non-hydrogen) atoms. The molecule has 1 aromatic carbocycles. The summed E-state index contributed by atoms with van der Waals surface area (Å²) in [5.41, 5.74) is 0.729. The second-order valence-electron chi connectivity index (χ2n) is 5.75. The molecule has 0 aliphatic carbocycles. The van der Waals surface area contributed by atoms with Gasteiger partial charge in [0.15, 0.2) is 6.67 Å². The van der Waals surface area contributed by atoms with Gasteiger partial charge in [-0.3, -0.25) is 19.2 Å². The van der Waals surface area contributed by atoms with Crippen LogP contribution in [0.25, 0.3) is 0 Å². The van der Waals surface area contributed by atoms with Crippen molar-refractivity contribution < 1.29 is 38.2 Å². The molecule has 2 unspecified atom stereocenters. The molecule has 152 valence electrons. The number of hydrogen-bond donors (Lipinski definition) is 3. The number of aliphatic carboxylic acids is 1. The fourth-order valence-corrected chi connectivity index (χ4v) is 2.18. The molecule has 0 saturated heterocycles. The predicted octanol–water partition coefficient (Wildman–Crippen LogP) is 0.759. The fourth-order valence-electron chi connectivity index (χ4n) is 2.18. The number of rotatable bonds is 11. The molecule has 9 nitrogen and oxygen atoms in total. The third-order valence-corrected chi connectivity index (χ3v) is 3.64. The number of Topliss-reactive ketones (excluding diaryl/α,β-unsaturated/α-hetero) is 2. The number of carbonyl (C=O) groups excluding carboxylic acids is 4. The van der Waals surface area contributed by atoms with Crippen LogP contribution >= 0.6 is 0 Å². The first kappa shape index (κ1) is 22.7. The largest absolute Gasteiger partial charge is 0.481 e. The molecule has 0 saturated carbocycles. The van der Waals surface area contributed by atoms with Crippen LogP contribution in [0.15, 0.2) is 30.3 Å². The summed E-state index contributed by atoms with van der Waals surface area (Å²) in [6, 6.07) is 5.91. The van der Waals surface area contributed by atoms with Crippen molar-refractivity contribution in [3.05, 3.63) is 35.9 Å². The normalized spacial score (nSPS) is 12.4. The van der Waals surface area contributed by atoms with Crippen LogP contribution in [0.4, 0.5) is 9.18 Å². The Morgan fingerprint density at radius 2 is 1.71 bits per heavy atom. The Balaban J connectivity index is 2.68. The number of carbonyl (C=O) groups is 5. The number of carboxylic acids is 1. The maximum atomic E-state index is 12.4. The molecule has 2 atom stereocenters. The van der Waals surface area contributed by atoms with E-state index in [0.717, 1.165) is 5.56 Å². The highest BCUT2D eigenvalue weighted by Gasteiger charge is 2.31. The molecule has 3 N–H and O–H groups in total. The Bertz CT molecular complexity index is 724. The van der Waals surface area contributed by atoms with Crippen molar-refractivity contribution in [2.45, 2.75) is 38.5 Å². The molecule has 0 aliphatic heterocycles. The van der Waals surface area contributed by atoms with E-state index < -0.39 is 54.7 Å². The number of hydrogen-bond acceptors (Lipinski definition) is 6. The number of alkyl halides is 1. The van der Waals surface area contributed by atoms with Gasteiger partial charge in [0.1, 0.15) is 18.7 Å². The third-order valence-electron chi connectivity index (χ3n) is 3.64. The summed E-state index contributed by atoms with van der Waals surface area (Å²) in [6.45, 7) is -0.0790. The molecule has 1 rings (SSSR count). The van der Waals surface area contributed by atoms with Gasteiger partial charge in [-0.15, -0.1) is 0 Å². The molecule has 2 amide bonds. The van der Waals surface area contributed by atoms with Crippen LogP contribution in [-0.4, -0.2) is 53.4 Å². The monoisotopic (exact) mass is 396 g/mol. The van der Waals surface area contributed by atoms with Crippen LogP contribution in [0.2, 0.25) is 0 Å². The number of alkyl carbamates (subject to hydrolysis) is 1. The molecule has 0 heterocycles. The van der Waals surface area contributed by atoms with E-state index in [1.807, 2.05) is 0 Å². The van der Waals surface area contributed by atoms with Crippen molar-refractivity contribution in [1.29, 1.82) is 0 Å². The molecular weight excluding hydrogens is 375 g/mol. The highest BCUT2D eigenvalue weighted by Crippen LogP contribution is 2.03. The molecule has 1 aromatic rings.